The van der Waals surface area contributed by atoms with Crippen molar-refractivity contribution in [1.82, 2.24) is 50.2 Å². The van der Waals surface area contributed by atoms with Gasteiger partial charge in [-0.3, -0.25) is 53.1 Å². The Bertz CT molecular complexity index is 2830. The quantitative estimate of drug-likeness (QED) is 0.0119. The standard InChI is InChI=1S/C39H56N13O9.C11H16N2O.C6H12NO5.Tc/c1-22(2)33(38(61)52(5)28(10-9-15-45-39(40)41)37(60)47-21-31(54)49-27(19-32(55)56)36(59)43-4)50-35(58)25-16-23(3)17-26(18-25)48-30(53)11-7-6-8-14-44-34(57)24-12-13-29(51-42)46-20-24;1-3-4-9(2)13-11(14)10-5-7-12-8-6-10;8-2-6(3-9,4-10)7-1-5(11)12;/h12-13,16-18,20,22,27-28,33H,6-11,14-15,19,21H2,1-5H3,(H,43,59)(H,44,57)(H,47,60)(H,48,53)(H,49,54)(H,50,58)(H,55,56)(H4,40,41,45);5-9H,3-4H2,1-2H3,(H,13,14);8-10H,1-4H2,(H,11,12);/q-1;;-1;+2/t27-,28-,33+;;;/m0.../s1. The monoisotopic (exact) mass is 1320 g/mol. The molecular weight excluding hydrogens is 1230 g/mol. The van der Waals surface area contributed by atoms with E-state index in [1.807, 2.05) is 6.92 Å². The van der Waals surface area contributed by atoms with Crippen LogP contribution in [0.25, 0.3) is 5.32 Å². The number of aliphatic imine (C=N–C) groups is 1. The zero-order valence-corrected chi connectivity index (χ0v) is 52.3. The first-order chi connectivity index (χ1) is 41.7. The molecule has 0 saturated heterocycles. The van der Waals surface area contributed by atoms with Crippen LogP contribution in [-0.2, 0) is 52.3 Å². The van der Waals surface area contributed by atoms with E-state index in [2.05, 4.69) is 72.9 Å². The number of amides is 8. The molecule has 485 valence electrons. The Labute approximate surface area is 520 Å². The number of benzene rings is 1. The van der Waals surface area contributed by atoms with E-state index in [9.17, 15) is 47.9 Å². The van der Waals surface area contributed by atoms with Gasteiger partial charge in [0, 0.05) is 82.1 Å². The number of anilines is 1. The molecule has 0 saturated carbocycles. The molecule has 3 rings (SSSR count). The molecule has 32 heteroatoms. The average molecular weight is 1320 g/mol. The van der Waals surface area contributed by atoms with Crippen molar-refractivity contribution in [2.75, 3.05) is 65.4 Å². The number of aliphatic carboxylic acids is 2. The minimum Gasteiger partial charge on any atom is -0.642 e. The van der Waals surface area contributed by atoms with E-state index in [1.54, 1.807) is 88.3 Å². The molecular formula is C56H84N16O15Tc. The number of carbonyl (C=O) groups excluding carboxylic acids is 8. The van der Waals surface area contributed by atoms with Crippen LogP contribution >= 0.6 is 0 Å². The second kappa shape index (κ2) is 42.4. The van der Waals surface area contributed by atoms with Crippen LogP contribution < -0.4 is 52.1 Å². The molecule has 2 aromatic heterocycles. The van der Waals surface area contributed by atoms with Gasteiger partial charge in [0.2, 0.25) is 29.5 Å². The predicted octanol–water partition coefficient (Wildman–Crippen LogP) is -0.183. The molecule has 16 N–H and O–H groups in total. The number of nitrogens with one attached hydrogen (secondary N) is 7. The van der Waals surface area contributed by atoms with Crippen molar-refractivity contribution in [2.24, 2.45) is 27.5 Å². The largest absolute Gasteiger partial charge is 0.642 e. The summed E-state index contributed by atoms with van der Waals surface area (Å²) in [6, 6.07) is 7.96. The molecule has 2 heterocycles. The van der Waals surface area contributed by atoms with Crippen LogP contribution in [0.2, 0.25) is 0 Å². The smallest absolute Gasteiger partial charge is 0.282 e. The summed E-state index contributed by atoms with van der Waals surface area (Å²) in [7, 11) is 2.65. The third-order valence-electron chi connectivity index (χ3n) is 12.6. The third kappa shape index (κ3) is 30.7. The van der Waals surface area contributed by atoms with Gasteiger partial charge in [0.15, 0.2) is 5.96 Å². The Balaban J connectivity index is 0.00000121. The number of aromatic nitrogens is 2. The Kier molecular flexibility index (Phi) is 37.3. The molecule has 0 spiro atoms. The van der Waals surface area contributed by atoms with Gasteiger partial charge in [-0.2, -0.15) is 0 Å². The summed E-state index contributed by atoms with van der Waals surface area (Å²) >= 11 is 1.73. The number of aliphatic hydroxyl groups is 3. The van der Waals surface area contributed by atoms with Crippen molar-refractivity contribution >= 4 is 76.7 Å². The van der Waals surface area contributed by atoms with Crippen LogP contribution in [-0.4, -0.2) is 195 Å². The number of carboxylic acids is 2. The number of unbranched alkanes of at least 4 members (excludes halogenated alkanes) is 2. The van der Waals surface area contributed by atoms with Crippen molar-refractivity contribution in [3.8, 4) is 0 Å². The van der Waals surface area contributed by atoms with Crippen LogP contribution in [0, 0.1) is 12.8 Å². The summed E-state index contributed by atoms with van der Waals surface area (Å²) in [4.78, 5) is 137. The second-order valence-corrected chi connectivity index (χ2v) is 20.6. The molecule has 1 aromatic carbocycles. The average Bonchev–Trinajstić information content (AvgIpc) is 3.44. The summed E-state index contributed by atoms with van der Waals surface area (Å²) in [5.41, 5.74) is 11.7. The number of hydrogen-bond acceptors (Lipinski definition) is 17. The molecule has 0 fully saturated rings. The zero-order chi connectivity index (χ0) is 66.4. The maximum Gasteiger partial charge on any atom is 0.282 e. The first kappa shape index (κ1) is 77.5. The van der Waals surface area contributed by atoms with Gasteiger partial charge in [-0.25, -0.2) is 0 Å². The molecule has 8 amide bonds. The topological polar surface area (TPSA) is 490 Å². The van der Waals surface area contributed by atoms with Crippen molar-refractivity contribution in [3.05, 3.63) is 88.6 Å². The summed E-state index contributed by atoms with van der Waals surface area (Å²) in [5, 5.41) is 68.9. The summed E-state index contributed by atoms with van der Waals surface area (Å²) in [6.07, 6.45) is 8.41. The van der Waals surface area contributed by atoms with Gasteiger partial charge in [0.1, 0.15) is 18.1 Å². The number of hydrogen-bond donors (Lipinski definition) is 14. The Morgan fingerprint density at radius 2 is 1.43 bits per heavy atom. The Hall–Kier alpha value is -8.51. The number of nitrogens with zero attached hydrogens (tertiary/aromatic N) is 7. The molecule has 0 bridgehead atoms. The van der Waals surface area contributed by atoms with Crippen LogP contribution in [0.15, 0.2) is 71.2 Å². The fraction of sp³-hybridized carbons (Fsp3) is 0.518. The van der Waals surface area contributed by atoms with Crippen molar-refractivity contribution in [1.29, 1.82) is 0 Å². The van der Waals surface area contributed by atoms with Crippen molar-refractivity contribution < 1.29 is 92.2 Å². The van der Waals surface area contributed by atoms with Gasteiger partial charge >= 0.3 is 110 Å². The third-order valence-corrected chi connectivity index (χ3v) is 12.8. The molecule has 0 radical (unpaired) electrons. The zero-order valence-electron chi connectivity index (χ0n) is 50.5. The van der Waals surface area contributed by atoms with Gasteiger partial charge in [-0.15, -0.1) is 0 Å². The molecule has 3 aromatic rings. The number of carboxylic acid groups (broad SMARTS) is 2. The normalized spacial score (nSPS) is 11.9. The van der Waals surface area contributed by atoms with E-state index >= 15 is 0 Å². The molecule has 0 aliphatic heterocycles. The summed E-state index contributed by atoms with van der Waals surface area (Å²) in [6.45, 7) is 6.91. The van der Waals surface area contributed by atoms with E-state index in [4.69, 9.17) is 37.0 Å². The van der Waals surface area contributed by atoms with Crippen LogP contribution in [0.4, 0.5) is 11.5 Å². The fourth-order valence-corrected chi connectivity index (χ4v) is 7.95. The molecule has 0 aliphatic rings. The number of aliphatic hydroxyl groups excluding tert-OH is 3. The van der Waals surface area contributed by atoms with Gasteiger partial charge in [0.25, 0.3) is 17.8 Å². The van der Waals surface area contributed by atoms with Gasteiger partial charge < -0.3 is 79.1 Å². The van der Waals surface area contributed by atoms with Crippen molar-refractivity contribution in [3.63, 3.8) is 0 Å². The van der Waals surface area contributed by atoms with E-state index < -0.39 is 110 Å². The van der Waals surface area contributed by atoms with E-state index in [0.717, 1.165) is 17.7 Å². The van der Waals surface area contributed by atoms with E-state index in [0.29, 0.717) is 54.0 Å². The van der Waals surface area contributed by atoms with E-state index in [-0.39, 0.29) is 61.1 Å². The molecule has 88 heavy (non-hydrogen) atoms. The number of rotatable bonds is 35. The molecule has 4 atom stereocenters. The number of likely N-dealkylation sites (N-methyl/N-ethyl adjacent to an activating group) is 2. The van der Waals surface area contributed by atoms with Crippen LogP contribution in [0.1, 0.15) is 122 Å². The molecule has 1 unspecified atom stereocenters. The summed E-state index contributed by atoms with van der Waals surface area (Å²) in [5.74, 6) is -6.88. The molecule has 0 aliphatic carbocycles. The van der Waals surface area contributed by atoms with E-state index in [1.165, 1.54) is 26.4 Å². The minimum absolute atomic E-state index is 0.0200. The maximum absolute atomic E-state index is 14.0. The maximum atomic E-state index is 14.0. The Morgan fingerprint density at radius 3 is 1.99 bits per heavy atom. The Morgan fingerprint density at radius 1 is 0.773 bits per heavy atom. The number of pyridine rings is 2. The van der Waals surface area contributed by atoms with Gasteiger partial charge in [-0.1, -0.05) is 32.7 Å². The first-order valence-electron chi connectivity index (χ1n) is 28.0. The number of nitrogens with two attached hydrogens (primary N) is 2. The van der Waals surface area contributed by atoms with Crippen LogP contribution in [0.5, 0.6) is 0 Å². The number of aryl methyl sites for hydroxylation is 1. The van der Waals surface area contributed by atoms with Gasteiger partial charge in [0.05, 0.1) is 13.0 Å². The second-order valence-electron chi connectivity index (χ2n) is 20.2. The van der Waals surface area contributed by atoms with Crippen LogP contribution in [0.3, 0.4) is 0 Å². The SMILES string of the molecule is CCCC(C)NC(=O)c1ccncc1.CNC(=O)[C@H](CC(=O)O)NC(=O)CNC(=O)[C@H](CCCN=C(N)N)N(C)C(=O)[C@H](NC(=O)c1cc(C)cc(NC(=O)CCCCCNC(=O)c2ccc(N=[N+]=[Tc])nc2)c1)C(C)C.O=C(O)C[N-]C(CO)(CO)CO. The number of carbonyl (C=O) groups is 10. The first-order valence-corrected chi connectivity index (χ1v) is 28.8. The minimum atomic E-state index is -1.43. The van der Waals surface area contributed by atoms with Gasteiger partial charge in [-0.05, 0) is 81.5 Å². The predicted molar refractivity (Wildman–Crippen MR) is 319 cm³/mol. The number of guanidine groups is 1. The fourth-order valence-electron chi connectivity index (χ4n) is 7.76. The summed E-state index contributed by atoms with van der Waals surface area (Å²) < 4.78 is 3.61. The van der Waals surface area contributed by atoms with Crippen molar-refractivity contribution in [2.45, 2.75) is 122 Å². The molecule has 31 nitrogen and oxygen atoms in total.